The van der Waals surface area contributed by atoms with Gasteiger partial charge in [0.15, 0.2) is 0 Å². The smallest absolute Gasteiger partial charge is 0.0702 e. The van der Waals surface area contributed by atoms with Crippen molar-refractivity contribution < 1.29 is 4.74 Å². The Morgan fingerprint density at radius 3 is 2.55 bits per heavy atom. The highest BCUT2D eigenvalue weighted by Crippen LogP contribution is 2.38. The number of ether oxygens (including phenoxy) is 1. The maximum Gasteiger partial charge on any atom is 0.0702 e. The zero-order valence-corrected chi connectivity index (χ0v) is 13.4. The van der Waals surface area contributed by atoms with Gasteiger partial charge in [0.05, 0.1) is 6.10 Å². The highest BCUT2D eigenvalue weighted by molar-refractivity contribution is 5.01. The Bertz CT molecular complexity index is 306. The summed E-state index contributed by atoms with van der Waals surface area (Å²) in [5.41, 5.74) is 0.347. The zero-order valence-electron chi connectivity index (χ0n) is 13.4. The van der Waals surface area contributed by atoms with Gasteiger partial charge < -0.3 is 10.1 Å². The molecule has 3 nitrogen and oxygen atoms in total. The van der Waals surface area contributed by atoms with Crippen LogP contribution < -0.4 is 5.32 Å². The van der Waals surface area contributed by atoms with Crippen LogP contribution in [0, 0.1) is 5.92 Å². The second kappa shape index (κ2) is 6.33. The van der Waals surface area contributed by atoms with Gasteiger partial charge in [0, 0.05) is 37.8 Å². The molecule has 0 aromatic carbocycles. The van der Waals surface area contributed by atoms with E-state index in [1.54, 1.807) is 0 Å². The molecular formula is C17H32N2O. The zero-order chi connectivity index (χ0) is 14.0. The number of nitrogens with one attached hydrogen (secondary N) is 1. The topological polar surface area (TPSA) is 24.5 Å². The average molecular weight is 280 g/mol. The van der Waals surface area contributed by atoms with Crippen molar-refractivity contribution in [2.24, 2.45) is 5.92 Å². The van der Waals surface area contributed by atoms with E-state index in [0.717, 1.165) is 18.6 Å². The van der Waals surface area contributed by atoms with Crippen LogP contribution in [0.15, 0.2) is 0 Å². The first-order valence-electron chi connectivity index (χ1n) is 8.87. The number of hydrogen-bond acceptors (Lipinski definition) is 3. The highest BCUT2D eigenvalue weighted by atomic mass is 16.5. The fraction of sp³-hybridized carbons (Fsp3) is 1.00. The van der Waals surface area contributed by atoms with Gasteiger partial charge in [-0.25, -0.2) is 0 Å². The van der Waals surface area contributed by atoms with Crippen molar-refractivity contribution in [1.29, 1.82) is 0 Å². The Labute approximate surface area is 124 Å². The third-order valence-electron chi connectivity index (χ3n) is 5.89. The molecule has 116 valence electrons. The molecule has 2 aliphatic heterocycles. The van der Waals surface area contributed by atoms with E-state index >= 15 is 0 Å². The van der Waals surface area contributed by atoms with E-state index in [9.17, 15) is 0 Å². The molecule has 2 unspecified atom stereocenters. The maximum atomic E-state index is 6.00. The fourth-order valence-corrected chi connectivity index (χ4v) is 4.09. The van der Waals surface area contributed by atoms with E-state index in [2.05, 4.69) is 24.1 Å². The molecule has 2 saturated heterocycles. The quantitative estimate of drug-likeness (QED) is 0.838. The monoisotopic (exact) mass is 280 g/mol. The van der Waals surface area contributed by atoms with E-state index < -0.39 is 0 Å². The highest BCUT2D eigenvalue weighted by Gasteiger charge is 2.43. The molecule has 3 heteroatoms. The molecule has 20 heavy (non-hydrogen) atoms. The van der Waals surface area contributed by atoms with Crippen LogP contribution in [0.3, 0.4) is 0 Å². The van der Waals surface area contributed by atoms with Gasteiger partial charge in [-0.1, -0.05) is 13.8 Å². The van der Waals surface area contributed by atoms with E-state index in [1.807, 2.05) is 0 Å². The van der Waals surface area contributed by atoms with E-state index in [1.165, 1.54) is 64.6 Å². The van der Waals surface area contributed by atoms with Crippen LogP contribution in [0.1, 0.15) is 58.8 Å². The number of rotatable bonds is 5. The van der Waals surface area contributed by atoms with Crippen molar-refractivity contribution in [3.63, 3.8) is 0 Å². The first-order valence-corrected chi connectivity index (χ1v) is 8.87. The van der Waals surface area contributed by atoms with Gasteiger partial charge in [-0.15, -0.1) is 0 Å². The molecular weight excluding hydrogens is 248 g/mol. The van der Waals surface area contributed by atoms with Gasteiger partial charge in [0.1, 0.15) is 0 Å². The summed E-state index contributed by atoms with van der Waals surface area (Å²) in [4.78, 5) is 2.79. The lowest BCUT2D eigenvalue weighted by Crippen LogP contribution is -2.65. The van der Waals surface area contributed by atoms with Gasteiger partial charge in [-0.2, -0.15) is 0 Å². The summed E-state index contributed by atoms with van der Waals surface area (Å²) >= 11 is 0. The lowest BCUT2D eigenvalue weighted by molar-refractivity contribution is -0.0339. The molecule has 3 fully saturated rings. The summed E-state index contributed by atoms with van der Waals surface area (Å²) in [7, 11) is 0. The molecule has 0 radical (unpaired) electrons. The van der Waals surface area contributed by atoms with Crippen LogP contribution >= 0.6 is 0 Å². The van der Waals surface area contributed by atoms with E-state index in [4.69, 9.17) is 4.74 Å². The SMILES string of the molecule is CCC1(CC)CN(CC2CCCCO2)C(C2CC2)CN1. The Balaban J connectivity index is 1.65. The molecule has 3 aliphatic rings. The lowest BCUT2D eigenvalue weighted by Gasteiger charge is -2.49. The third-order valence-corrected chi connectivity index (χ3v) is 5.89. The predicted molar refractivity (Wildman–Crippen MR) is 83.0 cm³/mol. The molecule has 0 bridgehead atoms. The lowest BCUT2D eigenvalue weighted by atomic mass is 9.87. The third kappa shape index (κ3) is 3.20. The predicted octanol–water partition coefficient (Wildman–Crippen LogP) is 2.80. The Hall–Kier alpha value is -0.120. The standard InChI is InChI=1S/C17H32N2O/c1-3-17(4-2)13-19(12-15-7-5-6-10-20-15)16(11-18-17)14-8-9-14/h14-16,18H,3-13H2,1-2H3. The molecule has 0 amide bonds. The van der Waals surface area contributed by atoms with Crippen molar-refractivity contribution in [3.05, 3.63) is 0 Å². The molecule has 1 saturated carbocycles. The largest absolute Gasteiger partial charge is 0.377 e. The summed E-state index contributed by atoms with van der Waals surface area (Å²) < 4.78 is 6.00. The molecule has 1 aliphatic carbocycles. The van der Waals surface area contributed by atoms with Crippen molar-refractivity contribution >= 4 is 0 Å². The van der Waals surface area contributed by atoms with Gasteiger partial charge >= 0.3 is 0 Å². The molecule has 0 aromatic rings. The van der Waals surface area contributed by atoms with Gasteiger partial charge in [0.2, 0.25) is 0 Å². The van der Waals surface area contributed by atoms with Crippen molar-refractivity contribution in [1.82, 2.24) is 10.2 Å². The minimum atomic E-state index is 0.347. The Morgan fingerprint density at radius 1 is 1.15 bits per heavy atom. The normalized spacial score (nSPS) is 35.1. The van der Waals surface area contributed by atoms with Crippen molar-refractivity contribution in [3.8, 4) is 0 Å². The summed E-state index contributed by atoms with van der Waals surface area (Å²) in [5, 5.41) is 3.89. The summed E-state index contributed by atoms with van der Waals surface area (Å²) in [6.45, 7) is 9.24. The average Bonchev–Trinajstić information content (AvgIpc) is 3.33. The van der Waals surface area contributed by atoms with Crippen LogP contribution in [0.25, 0.3) is 0 Å². The molecule has 1 N–H and O–H groups in total. The maximum absolute atomic E-state index is 6.00. The minimum absolute atomic E-state index is 0.347. The van der Waals surface area contributed by atoms with Crippen molar-refractivity contribution in [2.45, 2.75) is 76.5 Å². The fourth-order valence-electron chi connectivity index (χ4n) is 4.09. The molecule has 2 atom stereocenters. The summed E-state index contributed by atoms with van der Waals surface area (Å²) in [6.07, 6.45) is 9.75. The summed E-state index contributed by atoms with van der Waals surface area (Å²) in [6, 6.07) is 0.770. The van der Waals surface area contributed by atoms with Crippen LogP contribution in [0.2, 0.25) is 0 Å². The molecule has 0 aromatic heterocycles. The molecule has 2 heterocycles. The first kappa shape index (κ1) is 14.8. The van der Waals surface area contributed by atoms with Crippen LogP contribution in [-0.4, -0.2) is 48.8 Å². The second-order valence-corrected chi connectivity index (χ2v) is 7.19. The minimum Gasteiger partial charge on any atom is -0.377 e. The van der Waals surface area contributed by atoms with Crippen LogP contribution in [-0.2, 0) is 4.74 Å². The van der Waals surface area contributed by atoms with Crippen molar-refractivity contribution in [2.75, 3.05) is 26.2 Å². The Kier molecular flexibility index (Phi) is 4.68. The number of nitrogens with zero attached hydrogens (tertiary/aromatic N) is 1. The van der Waals surface area contributed by atoms with Gasteiger partial charge in [-0.3, -0.25) is 4.90 Å². The number of piperazine rings is 1. The van der Waals surface area contributed by atoms with Gasteiger partial charge in [0.25, 0.3) is 0 Å². The van der Waals surface area contributed by atoms with Crippen LogP contribution in [0.5, 0.6) is 0 Å². The first-order chi connectivity index (χ1) is 9.76. The second-order valence-electron chi connectivity index (χ2n) is 7.19. The number of hydrogen-bond donors (Lipinski definition) is 1. The van der Waals surface area contributed by atoms with Crippen LogP contribution in [0.4, 0.5) is 0 Å². The molecule has 0 spiro atoms. The van der Waals surface area contributed by atoms with E-state index in [0.29, 0.717) is 11.6 Å². The summed E-state index contributed by atoms with van der Waals surface area (Å²) in [5.74, 6) is 0.956. The molecule has 3 rings (SSSR count). The van der Waals surface area contributed by atoms with E-state index in [-0.39, 0.29) is 0 Å². The van der Waals surface area contributed by atoms with Gasteiger partial charge in [-0.05, 0) is 50.9 Å². The Morgan fingerprint density at radius 2 is 1.95 bits per heavy atom.